The highest BCUT2D eigenvalue weighted by Crippen LogP contribution is 2.17. The number of nitrogens with one attached hydrogen (secondary N) is 1. The summed E-state index contributed by atoms with van der Waals surface area (Å²) in [4.78, 5) is 13.9. The molecule has 2 rings (SSSR count). The molecule has 0 atom stereocenters. The molecular formula is C17H20N2O3S. The monoisotopic (exact) mass is 332 g/mol. The van der Waals surface area contributed by atoms with Crippen molar-refractivity contribution in [2.45, 2.75) is 11.8 Å². The Bertz CT molecular complexity index is 780. The van der Waals surface area contributed by atoms with Crippen LogP contribution in [0.2, 0.25) is 0 Å². The first-order chi connectivity index (χ1) is 10.8. The Morgan fingerprint density at radius 2 is 1.57 bits per heavy atom. The van der Waals surface area contributed by atoms with Crippen LogP contribution in [0.15, 0.2) is 53.4 Å². The lowest BCUT2D eigenvalue weighted by molar-refractivity contribution is 0.0958. The zero-order valence-corrected chi connectivity index (χ0v) is 14.2. The van der Waals surface area contributed by atoms with E-state index in [1.165, 1.54) is 0 Å². The Hall–Kier alpha value is -2.18. The molecule has 0 bridgehead atoms. The predicted molar refractivity (Wildman–Crippen MR) is 91.3 cm³/mol. The van der Waals surface area contributed by atoms with Crippen molar-refractivity contribution >= 4 is 21.5 Å². The molecule has 122 valence electrons. The van der Waals surface area contributed by atoms with Gasteiger partial charge >= 0.3 is 0 Å². The van der Waals surface area contributed by atoms with E-state index in [0.717, 1.165) is 5.56 Å². The van der Waals surface area contributed by atoms with Crippen LogP contribution in [0.5, 0.6) is 0 Å². The molecule has 0 aliphatic heterocycles. The molecule has 0 aliphatic rings. The number of benzene rings is 2. The van der Waals surface area contributed by atoms with E-state index < -0.39 is 10.0 Å². The molecule has 2 aromatic rings. The third kappa shape index (κ3) is 4.64. The van der Waals surface area contributed by atoms with Crippen molar-refractivity contribution in [3.63, 3.8) is 0 Å². The van der Waals surface area contributed by atoms with Crippen molar-refractivity contribution in [2.75, 3.05) is 25.4 Å². The molecule has 0 heterocycles. The molecule has 2 aromatic carbocycles. The van der Waals surface area contributed by atoms with Gasteiger partial charge in [0.15, 0.2) is 5.78 Å². The summed E-state index contributed by atoms with van der Waals surface area (Å²) in [5.41, 5.74) is 1.97. The number of anilines is 1. The molecule has 23 heavy (non-hydrogen) atoms. The second-order valence-electron chi connectivity index (χ2n) is 5.66. The largest absolute Gasteiger partial charge is 0.302 e. The van der Waals surface area contributed by atoms with E-state index in [9.17, 15) is 13.2 Å². The highest BCUT2D eigenvalue weighted by molar-refractivity contribution is 7.92. The summed E-state index contributed by atoms with van der Waals surface area (Å²) in [7, 11) is 0.0175. The van der Waals surface area contributed by atoms with E-state index >= 15 is 0 Å². The molecule has 0 aliphatic carbocycles. The van der Waals surface area contributed by atoms with Crippen molar-refractivity contribution in [1.29, 1.82) is 0 Å². The number of carbonyl (C=O) groups is 1. The number of rotatable bonds is 6. The lowest BCUT2D eigenvalue weighted by atomic mass is 10.1. The van der Waals surface area contributed by atoms with E-state index in [1.54, 1.807) is 53.4 Å². The third-order valence-corrected chi connectivity index (χ3v) is 4.65. The summed E-state index contributed by atoms with van der Waals surface area (Å²) in [6.45, 7) is 2.21. The number of carbonyl (C=O) groups excluding carboxylic acids is 1. The van der Waals surface area contributed by atoms with Gasteiger partial charge in [-0.1, -0.05) is 17.7 Å². The van der Waals surface area contributed by atoms with Gasteiger partial charge in [0.1, 0.15) is 0 Å². The number of nitrogens with zero attached hydrogens (tertiary/aromatic N) is 1. The molecule has 6 heteroatoms. The lowest BCUT2D eigenvalue weighted by Crippen LogP contribution is -2.21. The number of hydrogen-bond donors (Lipinski definition) is 1. The van der Waals surface area contributed by atoms with Gasteiger partial charge in [0.25, 0.3) is 10.0 Å². The van der Waals surface area contributed by atoms with Crippen LogP contribution in [0.3, 0.4) is 0 Å². The Kier molecular flexibility index (Phi) is 5.18. The maximum absolute atomic E-state index is 12.3. The molecule has 5 nitrogen and oxygen atoms in total. The second-order valence-corrected chi connectivity index (χ2v) is 7.34. The number of aryl methyl sites for hydroxylation is 1. The van der Waals surface area contributed by atoms with Gasteiger partial charge in [-0.05, 0) is 57.4 Å². The van der Waals surface area contributed by atoms with E-state index in [-0.39, 0.29) is 10.7 Å². The van der Waals surface area contributed by atoms with Gasteiger partial charge in [-0.2, -0.15) is 0 Å². The fourth-order valence-corrected chi connectivity index (χ4v) is 3.09. The Morgan fingerprint density at radius 3 is 2.09 bits per heavy atom. The van der Waals surface area contributed by atoms with Gasteiger partial charge in [-0.15, -0.1) is 0 Å². The first-order valence-electron chi connectivity index (χ1n) is 7.15. The summed E-state index contributed by atoms with van der Waals surface area (Å²) in [5.74, 6) is -0.0112. The summed E-state index contributed by atoms with van der Waals surface area (Å²) < 4.78 is 27.1. The first-order valence-corrected chi connectivity index (χ1v) is 8.64. The number of likely N-dealkylation sites (N-methyl/N-ethyl adjacent to an activating group) is 1. The van der Waals surface area contributed by atoms with Crippen LogP contribution in [-0.2, 0) is 10.0 Å². The number of ketones is 1. The van der Waals surface area contributed by atoms with Crippen LogP contribution < -0.4 is 4.72 Å². The predicted octanol–water partition coefficient (Wildman–Crippen LogP) is 2.54. The Balaban J connectivity index is 2.14. The molecule has 0 amide bonds. The van der Waals surface area contributed by atoms with Crippen molar-refractivity contribution in [2.24, 2.45) is 0 Å². The minimum absolute atomic E-state index is 0.0112. The SMILES string of the molecule is Cc1ccc(S(=O)(=O)Nc2ccc(C(=O)CN(C)C)cc2)cc1. The molecule has 0 saturated heterocycles. The Morgan fingerprint density at radius 1 is 1.00 bits per heavy atom. The molecule has 0 unspecified atom stereocenters. The van der Waals surface area contributed by atoms with Crippen molar-refractivity contribution < 1.29 is 13.2 Å². The third-order valence-electron chi connectivity index (χ3n) is 3.25. The van der Waals surface area contributed by atoms with Crippen molar-refractivity contribution in [1.82, 2.24) is 4.90 Å². The first kappa shape index (κ1) is 17.2. The summed E-state index contributed by atoms with van der Waals surface area (Å²) in [6.07, 6.45) is 0. The van der Waals surface area contributed by atoms with Crippen LogP contribution in [0.4, 0.5) is 5.69 Å². The number of hydrogen-bond acceptors (Lipinski definition) is 4. The lowest BCUT2D eigenvalue weighted by Gasteiger charge is -2.10. The van der Waals surface area contributed by atoms with Gasteiger partial charge in [-0.25, -0.2) is 8.42 Å². The van der Waals surface area contributed by atoms with Gasteiger partial charge in [-0.3, -0.25) is 9.52 Å². The maximum atomic E-state index is 12.3. The van der Waals surface area contributed by atoms with Crippen LogP contribution in [0.25, 0.3) is 0 Å². The fraction of sp³-hybridized carbons (Fsp3) is 0.235. The smallest absolute Gasteiger partial charge is 0.261 e. The quantitative estimate of drug-likeness (QED) is 0.826. The highest BCUT2D eigenvalue weighted by atomic mass is 32.2. The zero-order chi connectivity index (χ0) is 17.0. The van der Waals surface area contributed by atoms with E-state index in [0.29, 0.717) is 17.8 Å². The average Bonchev–Trinajstić information content (AvgIpc) is 2.47. The topological polar surface area (TPSA) is 66.5 Å². The fourth-order valence-electron chi connectivity index (χ4n) is 2.03. The van der Waals surface area contributed by atoms with Crippen molar-refractivity contribution in [3.8, 4) is 0 Å². The highest BCUT2D eigenvalue weighted by Gasteiger charge is 2.14. The number of sulfonamides is 1. The molecule has 1 N–H and O–H groups in total. The van der Waals surface area contributed by atoms with E-state index in [4.69, 9.17) is 0 Å². The maximum Gasteiger partial charge on any atom is 0.261 e. The van der Waals surface area contributed by atoms with Gasteiger partial charge in [0.2, 0.25) is 0 Å². The summed E-state index contributed by atoms with van der Waals surface area (Å²) >= 11 is 0. The molecule has 0 saturated carbocycles. The molecule has 0 aromatic heterocycles. The second kappa shape index (κ2) is 6.93. The zero-order valence-electron chi connectivity index (χ0n) is 13.4. The summed E-state index contributed by atoms with van der Waals surface area (Å²) in [6, 6.07) is 13.1. The van der Waals surface area contributed by atoms with Gasteiger partial charge in [0, 0.05) is 11.3 Å². The van der Waals surface area contributed by atoms with Gasteiger partial charge < -0.3 is 4.90 Å². The normalized spacial score (nSPS) is 11.5. The van der Waals surface area contributed by atoms with E-state index in [1.807, 2.05) is 21.0 Å². The van der Waals surface area contributed by atoms with Crippen LogP contribution in [0.1, 0.15) is 15.9 Å². The van der Waals surface area contributed by atoms with Gasteiger partial charge in [0.05, 0.1) is 11.4 Å². The minimum Gasteiger partial charge on any atom is -0.302 e. The van der Waals surface area contributed by atoms with Crippen molar-refractivity contribution in [3.05, 3.63) is 59.7 Å². The van der Waals surface area contributed by atoms with Crippen LogP contribution in [0, 0.1) is 6.92 Å². The van der Waals surface area contributed by atoms with Crippen LogP contribution >= 0.6 is 0 Å². The molecular weight excluding hydrogens is 312 g/mol. The minimum atomic E-state index is -3.63. The molecule has 0 fully saturated rings. The molecule has 0 radical (unpaired) electrons. The molecule has 0 spiro atoms. The van der Waals surface area contributed by atoms with E-state index in [2.05, 4.69) is 4.72 Å². The standard InChI is InChI=1S/C17H20N2O3S/c1-13-4-10-16(11-5-13)23(21,22)18-15-8-6-14(7-9-15)17(20)12-19(2)3/h4-11,18H,12H2,1-3H3. The average molecular weight is 332 g/mol. The number of Topliss-reactive ketones (excluding diaryl/α,β-unsaturated/α-hetero) is 1. The Labute approximate surface area is 137 Å². The van der Waals surface area contributed by atoms with Crippen LogP contribution in [-0.4, -0.2) is 39.7 Å². The summed E-state index contributed by atoms with van der Waals surface area (Å²) in [5, 5.41) is 0.